The summed E-state index contributed by atoms with van der Waals surface area (Å²) in [6.45, 7) is 9.62. The van der Waals surface area contributed by atoms with E-state index in [2.05, 4.69) is 16.0 Å². The van der Waals surface area contributed by atoms with Crippen molar-refractivity contribution in [3.05, 3.63) is 108 Å². The fourth-order valence-electron chi connectivity index (χ4n) is 4.22. The minimum absolute atomic E-state index is 0.107. The van der Waals surface area contributed by atoms with Gasteiger partial charge in [-0.2, -0.15) is 0 Å². The van der Waals surface area contributed by atoms with Crippen LogP contribution in [-0.4, -0.2) is 35.6 Å². The number of hydrogen-bond acceptors (Lipinski definition) is 5. The monoisotopic (exact) mass is 585 g/mol. The van der Waals surface area contributed by atoms with E-state index >= 15 is 0 Å². The Kier molecular flexibility index (Phi) is 12.4. The smallest absolute Gasteiger partial charge is 0.408 e. The van der Waals surface area contributed by atoms with Gasteiger partial charge in [-0.3, -0.25) is 9.59 Å². The van der Waals surface area contributed by atoms with E-state index in [4.69, 9.17) is 9.47 Å². The van der Waals surface area contributed by atoms with Crippen molar-refractivity contribution >= 4 is 24.0 Å². The summed E-state index contributed by atoms with van der Waals surface area (Å²) in [5.74, 6) is -0.0442. The van der Waals surface area contributed by atoms with Crippen LogP contribution in [0.15, 0.2) is 91.1 Å². The van der Waals surface area contributed by atoms with Crippen LogP contribution in [0.4, 0.5) is 4.79 Å². The number of carbonyl (C=O) groups excluding carboxylic acids is 3. The van der Waals surface area contributed by atoms with Crippen molar-refractivity contribution in [1.82, 2.24) is 16.0 Å². The molecule has 0 bridgehead atoms. The largest absolute Gasteiger partial charge is 0.489 e. The lowest BCUT2D eigenvalue weighted by Crippen LogP contribution is -2.54. The standard InChI is InChI=1S/C35H43N3O5/c1-25(2)22-30(38-34(41)43-35(3,4)5)33(40)37-31(32(39)36-21-20-26-12-8-6-9-13-26)23-27-16-18-29(19-17-27)42-24-28-14-10-7-11-15-28/h6-21,25,30-31H,22-24H2,1-5H3,(H,36,39)(H,37,40)(H,38,41)/b21-20+/t30-,31-/m0/s1. The van der Waals surface area contributed by atoms with Crippen LogP contribution in [0.2, 0.25) is 0 Å². The Morgan fingerprint density at radius 1 is 0.767 bits per heavy atom. The Morgan fingerprint density at radius 3 is 2.00 bits per heavy atom. The SMILES string of the molecule is CC(C)C[C@H](NC(=O)OC(C)(C)C)C(=O)N[C@@H](Cc1ccc(OCc2ccccc2)cc1)C(=O)N/C=C/c1ccccc1. The molecule has 3 amide bonds. The molecule has 3 aromatic carbocycles. The van der Waals surface area contributed by atoms with Gasteiger partial charge in [0.15, 0.2) is 0 Å². The first-order valence-electron chi connectivity index (χ1n) is 14.6. The molecule has 0 heterocycles. The number of rotatable bonds is 13. The minimum atomic E-state index is -0.904. The average Bonchev–Trinajstić information content (AvgIpc) is 2.96. The molecule has 228 valence electrons. The number of alkyl carbamates (subject to hydrolysis) is 1. The number of benzene rings is 3. The third-order valence-corrected chi connectivity index (χ3v) is 6.26. The summed E-state index contributed by atoms with van der Waals surface area (Å²) >= 11 is 0. The molecule has 0 aliphatic carbocycles. The molecule has 8 heteroatoms. The maximum absolute atomic E-state index is 13.5. The minimum Gasteiger partial charge on any atom is -0.489 e. The van der Waals surface area contributed by atoms with Crippen LogP contribution in [0.1, 0.15) is 57.7 Å². The lowest BCUT2D eigenvalue weighted by Gasteiger charge is -2.26. The van der Waals surface area contributed by atoms with Crippen LogP contribution in [0.3, 0.4) is 0 Å². The molecule has 0 saturated heterocycles. The zero-order chi connectivity index (χ0) is 31.2. The first-order chi connectivity index (χ1) is 20.5. The molecule has 3 rings (SSSR count). The van der Waals surface area contributed by atoms with Gasteiger partial charge in [-0.25, -0.2) is 4.79 Å². The van der Waals surface area contributed by atoms with E-state index < -0.39 is 29.7 Å². The van der Waals surface area contributed by atoms with E-state index in [1.54, 1.807) is 33.0 Å². The van der Waals surface area contributed by atoms with Gasteiger partial charge in [-0.1, -0.05) is 86.6 Å². The zero-order valence-corrected chi connectivity index (χ0v) is 25.6. The Hall–Kier alpha value is -4.59. The van der Waals surface area contributed by atoms with E-state index in [0.717, 1.165) is 16.7 Å². The molecule has 0 unspecified atom stereocenters. The molecule has 43 heavy (non-hydrogen) atoms. The van der Waals surface area contributed by atoms with Crippen LogP contribution in [0, 0.1) is 5.92 Å². The Labute approximate surface area is 254 Å². The average molecular weight is 586 g/mol. The van der Waals surface area contributed by atoms with Crippen molar-refractivity contribution in [1.29, 1.82) is 0 Å². The van der Waals surface area contributed by atoms with Gasteiger partial charge in [0.1, 0.15) is 30.0 Å². The fraction of sp³-hybridized carbons (Fsp3) is 0.343. The number of amides is 3. The first-order valence-corrected chi connectivity index (χ1v) is 14.6. The van der Waals surface area contributed by atoms with E-state index in [0.29, 0.717) is 18.8 Å². The number of ether oxygens (including phenoxy) is 2. The molecule has 0 aliphatic heterocycles. The lowest BCUT2D eigenvalue weighted by atomic mass is 10.0. The van der Waals surface area contributed by atoms with Crippen LogP contribution < -0.4 is 20.7 Å². The second-order valence-electron chi connectivity index (χ2n) is 11.8. The first kappa shape index (κ1) is 32.9. The fourth-order valence-corrected chi connectivity index (χ4v) is 4.22. The molecule has 0 saturated carbocycles. The van der Waals surface area contributed by atoms with E-state index in [-0.39, 0.29) is 18.2 Å². The number of hydrogen-bond donors (Lipinski definition) is 3. The molecule has 2 atom stereocenters. The summed E-state index contributed by atoms with van der Waals surface area (Å²) in [5, 5.41) is 8.33. The zero-order valence-electron chi connectivity index (χ0n) is 25.6. The third kappa shape index (κ3) is 12.4. The van der Waals surface area contributed by atoms with Crippen molar-refractivity contribution in [3.63, 3.8) is 0 Å². The van der Waals surface area contributed by atoms with Gasteiger partial charge in [-0.05, 0) is 68.0 Å². The molecule has 8 nitrogen and oxygen atoms in total. The highest BCUT2D eigenvalue weighted by Crippen LogP contribution is 2.16. The van der Waals surface area contributed by atoms with Crippen molar-refractivity contribution in [2.45, 2.75) is 71.8 Å². The molecule has 3 aromatic rings. The Balaban J connectivity index is 1.73. The van der Waals surface area contributed by atoms with E-state index in [9.17, 15) is 14.4 Å². The van der Waals surface area contributed by atoms with Crippen LogP contribution in [0.25, 0.3) is 6.08 Å². The highest BCUT2D eigenvalue weighted by Gasteiger charge is 2.29. The number of nitrogens with one attached hydrogen (secondary N) is 3. The molecule has 0 spiro atoms. The maximum atomic E-state index is 13.5. The second kappa shape index (κ2) is 16.2. The lowest BCUT2D eigenvalue weighted by molar-refractivity contribution is -0.129. The second-order valence-corrected chi connectivity index (χ2v) is 11.8. The van der Waals surface area contributed by atoms with Gasteiger partial charge in [0.05, 0.1) is 0 Å². The summed E-state index contributed by atoms with van der Waals surface area (Å²) in [4.78, 5) is 39.3. The highest BCUT2D eigenvalue weighted by atomic mass is 16.6. The third-order valence-electron chi connectivity index (χ3n) is 6.26. The van der Waals surface area contributed by atoms with Crippen LogP contribution in [0.5, 0.6) is 5.75 Å². The van der Waals surface area contributed by atoms with Crippen LogP contribution in [-0.2, 0) is 27.4 Å². The van der Waals surface area contributed by atoms with Crippen molar-refractivity contribution < 1.29 is 23.9 Å². The molecule has 0 aliphatic rings. The van der Waals surface area contributed by atoms with E-state index in [1.807, 2.05) is 98.8 Å². The van der Waals surface area contributed by atoms with Gasteiger partial charge in [0, 0.05) is 12.6 Å². The van der Waals surface area contributed by atoms with Gasteiger partial charge in [-0.15, -0.1) is 0 Å². The summed E-state index contributed by atoms with van der Waals surface area (Å²) in [5.41, 5.74) is 2.10. The van der Waals surface area contributed by atoms with Crippen molar-refractivity contribution in [2.75, 3.05) is 0 Å². The molecular weight excluding hydrogens is 542 g/mol. The number of carbonyl (C=O) groups is 3. The topological polar surface area (TPSA) is 106 Å². The Morgan fingerprint density at radius 2 is 1.40 bits per heavy atom. The maximum Gasteiger partial charge on any atom is 0.408 e. The highest BCUT2D eigenvalue weighted by molar-refractivity contribution is 5.92. The van der Waals surface area contributed by atoms with Crippen molar-refractivity contribution in [3.8, 4) is 5.75 Å². The van der Waals surface area contributed by atoms with Crippen LogP contribution >= 0.6 is 0 Å². The normalized spacial score (nSPS) is 12.8. The Bertz CT molecular complexity index is 1330. The molecular formula is C35H43N3O5. The predicted molar refractivity (Wildman–Crippen MR) is 169 cm³/mol. The summed E-state index contributed by atoms with van der Waals surface area (Å²) in [6.07, 6.45) is 3.26. The molecule has 0 radical (unpaired) electrons. The quantitative estimate of drug-likeness (QED) is 0.228. The molecule has 0 aromatic heterocycles. The molecule has 3 N–H and O–H groups in total. The summed E-state index contributed by atoms with van der Waals surface area (Å²) in [7, 11) is 0. The van der Waals surface area contributed by atoms with Gasteiger partial charge in [0.2, 0.25) is 11.8 Å². The van der Waals surface area contributed by atoms with Gasteiger partial charge >= 0.3 is 6.09 Å². The predicted octanol–water partition coefficient (Wildman–Crippen LogP) is 6.02. The van der Waals surface area contributed by atoms with Crippen molar-refractivity contribution in [2.24, 2.45) is 5.92 Å². The molecule has 0 fully saturated rings. The van der Waals surface area contributed by atoms with E-state index in [1.165, 1.54) is 0 Å². The summed E-state index contributed by atoms with van der Waals surface area (Å²) < 4.78 is 11.3. The van der Waals surface area contributed by atoms with Gasteiger partial charge in [0.25, 0.3) is 0 Å². The van der Waals surface area contributed by atoms with Gasteiger partial charge < -0.3 is 25.4 Å². The summed E-state index contributed by atoms with van der Waals surface area (Å²) in [6, 6.07) is 25.1.